The summed E-state index contributed by atoms with van der Waals surface area (Å²) in [5, 5.41) is 12.5. The normalized spacial score (nSPS) is 14.8. The fourth-order valence-electron chi connectivity index (χ4n) is 1.21. The molecule has 0 rings (SSSR count). The molecule has 86 valence electrons. The van der Waals surface area contributed by atoms with Gasteiger partial charge in [-0.1, -0.05) is 34.6 Å². The fourth-order valence-corrected chi connectivity index (χ4v) is 2.22. The van der Waals surface area contributed by atoms with Crippen LogP contribution in [0.4, 0.5) is 0 Å². The Morgan fingerprint density at radius 3 is 2.21 bits per heavy atom. The summed E-state index contributed by atoms with van der Waals surface area (Å²) >= 11 is 1.95. The SMILES string of the molecule is CC(C)NC(CO)CCSC(C)(C)C. The Labute approximate surface area is 92.9 Å². The lowest BCUT2D eigenvalue weighted by atomic mass is 10.2. The third-order valence-corrected chi connectivity index (χ3v) is 3.10. The highest BCUT2D eigenvalue weighted by Crippen LogP contribution is 2.23. The maximum atomic E-state index is 9.13. The Bertz CT molecular complexity index is 143. The van der Waals surface area contributed by atoms with Crippen LogP contribution in [0.5, 0.6) is 0 Å². The van der Waals surface area contributed by atoms with Crippen molar-refractivity contribution in [3.8, 4) is 0 Å². The van der Waals surface area contributed by atoms with Gasteiger partial charge in [0, 0.05) is 16.8 Å². The predicted octanol–water partition coefficient (Wildman–Crippen LogP) is 2.27. The minimum absolute atomic E-state index is 0.239. The first-order valence-corrected chi connectivity index (χ1v) is 6.34. The molecule has 0 amide bonds. The number of nitrogens with one attached hydrogen (secondary N) is 1. The third kappa shape index (κ3) is 8.85. The number of thioether (sulfide) groups is 1. The van der Waals surface area contributed by atoms with Gasteiger partial charge in [-0.25, -0.2) is 0 Å². The van der Waals surface area contributed by atoms with Crippen molar-refractivity contribution in [1.29, 1.82) is 0 Å². The van der Waals surface area contributed by atoms with Crippen molar-refractivity contribution in [2.75, 3.05) is 12.4 Å². The van der Waals surface area contributed by atoms with Gasteiger partial charge in [-0.05, 0) is 12.2 Å². The van der Waals surface area contributed by atoms with Crippen LogP contribution in [0.25, 0.3) is 0 Å². The average Bonchev–Trinajstić information content (AvgIpc) is 1.99. The van der Waals surface area contributed by atoms with Crippen molar-refractivity contribution in [3.05, 3.63) is 0 Å². The van der Waals surface area contributed by atoms with Crippen LogP contribution in [0.2, 0.25) is 0 Å². The molecule has 1 atom stereocenters. The first-order valence-electron chi connectivity index (χ1n) is 5.36. The Balaban J connectivity index is 3.63. The molecule has 0 radical (unpaired) electrons. The maximum Gasteiger partial charge on any atom is 0.0585 e. The standard InChI is InChI=1S/C11H25NOS/c1-9(2)12-10(8-13)6-7-14-11(3,4)5/h9-10,12-13H,6-8H2,1-5H3. The van der Waals surface area contributed by atoms with E-state index in [0.29, 0.717) is 10.8 Å². The molecular weight excluding hydrogens is 194 g/mol. The van der Waals surface area contributed by atoms with Crippen LogP contribution < -0.4 is 5.32 Å². The molecule has 0 aliphatic rings. The van der Waals surface area contributed by atoms with Crippen LogP contribution in [0.15, 0.2) is 0 Å². The largest absolute Gasteiger partial charge is 0.395 e. The minimum Gasteiger partial charge on any atom is -0.395 e. The van der Waals surface area contributed by atoms with Crippen LogP contribution in [0, 0.1) is 0 Å². The summed E-state index contributed by atoms with van der Waals surface area (Å²) in [6.07, 6.45) is 1.04. The van der Waals surface area contributed by atoms with Crippen LogP contribution >= 0.6 is 11.8 Å². The van der Waals surface area contributed by atoms with E-state index in [2.05, 4.69) is 39.9 Å². The summed E-state index contributed by atoms with van der Waals surface area (Å²) in [6.45, 7) is 11.1. The Morgan fingerprint density at radius 1 is 1.29 bits per heavy atom. The number of hydrogen-bond acceptors (Lipinski definition) is 3. The van der Waals surface area contributed by atoms with Crippen LogP contribution in [0.3, 0.4) is 0 Å². The van der Waals surface area contributed by atoms with Gasteiger partial charge in [0.2, 0.25) is 0 Å². The molecule has 0 aromatic rings. The van der Waals surface area contributed by atoms with E-state index < -0.39 is 0 Å². The molecule has 1 unspecified atom stereocenters. The lowest BCUT2D eigenvalue weighted by Crippen LogP contribution is -2.38. The highest BCUT2D eigenvalue weighted by molar-refractivity contribution is 8.00. The zero-order valence-electron chi connectivity index (χ0n) is 10.1. The van der Waals surface area contributed by atoms with Crippen molar-refractivity contribution in [3.63, 3.8) is 0 Å². The van der Waals surface area contributed by atoms with E-state index in [4.69, 9.17) is 5.11 Å². The zero-order valence-corrected chi connectivity index (χ0v) is 10.9. The molecule has 0 bridgehead atoms. The van der Waals surface area contributed by atoms with Gasteiger partial charge in [-0.15, -0.1) is 0 Å². The van der Waals surface area contributed by atoms with E-state index in [-0.39, 0.29) is 12.6 Å². The number of aliphatic hydroxyl groups is 1. The monoisotopic (exact) mass is 219 g/mol. The van der Waals surface area contributed by atoms with Crippen molar-refractivity contribution < 1.29 is 5.11 Å². The van der Waals surface area contributed by atoms with Crippen LogP contribution in [-0.4, -0.2) is 34.3 Å². The van der Waals surface area contributed by atoms with Gasteiger partial charge < -0.3 is 10.4 Å². The van der Waals surface area contributed by atoms with Crippen molar-refractivity contribution >= 4 is 11.8 Å². The zero-order chi connectivity index (χ0) is 11.2. The molecule has 0 fully saturated rings. The molecule has 0 aliphatic heterocycles. The topological polar surface area (TPSA) is 32.3 Å². The first-order chi connectivity index (χ1) is 6.35. The molecular formula is C11H25NOS. The molecule has 2 nitrogen and oxygen atoms in total. The molecule has 14 heavy (non-hydrogen) atoms. The second-order valence-electron chi connectivity index (χ2n) is 4.95. The van der Waals surface area contributed by atoms with Gasteiger partial charge in [0.05, 0.1) is 6.61 Å². The lowest BCUT2D eigenvalue weighted by molar-refractivity contribution is 0.232. The first kappa shape index (κ1) is 14.3. The van der Waals surface area contributed by atoms with E-state index in [1.807, 2.05) is 11.8 Å². The second kappa shape index (κ2) is 6.70. The van der Waals surface area contributed by atoms with E-state index >= 15 is 0 Å². The summed E-state index contributed by atoms with van der Waals surface area (Å²) in [5.74, 6) is 1.11. The summed E-state index contributed by atoms with van der Waals surface area (Å²) in [7, 11) is 0. The van der Waals surface area contributed by atoms with Crippen LogP contribution in [0.1, 0.15) is 41.0 Å². The summed E-state index contributed by atoms with van der Waals surface area (Å²) in [4.78, 5) is 0. The third-order valence-electron chi connectivity index (χ3n) is 1.79. The van der Waals surface area contributed by atoms with Gasteiger partial charge >= 0.3 is 0 Å². The van der Waals surface area contributed by atoms with Crippen LogP contribution in [-0.2, 0) is 0 Å². The number of rotatable bonds is 6. The van der Waals surface area contributed by atoms with Crippen molar-refractivity contribution in [2.45, 2.75) is 57.9 Å². The number of aliphatic hydroxyl groups excluding tert-OH is 1. The quantitative estimate of drug-likeness (QED) is 0.719. The van der Waals surface area contributed by atoms with Gasteiger partial charge in [-0.2, -0.15) is 11.8 Å². The smallest absolute Gasteiger partial charge is 0.0585 e. The second-order valence-corrected chi connectivity index (χ2v) is 6.87. The predicted molar refractivity (Wildman–Crippen MR) is 66.0 cm³/mol. The van der Waals surface area contributed by atoms with E-state index in [1.54, 1.807) is 0 Å². The molecule has 0 saturated carbocycles. The van der Waals surface area contributed by atoms with E-state index in [9.17, 15) is 0 Å². The molecule has 0 heterocycles. The Kier molecular flexibility index (Phi) is 6.83. The molecule has 0 aliphatic carbocycles. The highest BCUT2D eigenvalue weighted by atomic mass is 32.2. The summed E-state index contributed by atoms with van der Waals surface area (Å²) in [6, 6.07) is 0.705. The summed E-state index contributed by atoms with van der Waals surface area (Å²) < 4.78 is 0.331. The molecule has 2 N–H and O–H groups in total. The Hall–Kier alpha value is 0.270. The molecule has 0 spiro atoms. The maximum absolute atomic E-state index is 9.13. The average molecular weight is 219 g/mol. The minimum atomic E-state index is 0.239. The highest BCUT2D eigenvalue weighted by Gasteiger charge is 2.13. The van der Waals surface area contributed by atoms with Gasteiger partial charge in [0.15, 0.2) is 0 Å². The number of hydrogen-bond donors (Lipinski definition) is 2. The molecule has 0 saturated heterocycles. The van der Waals surface area contributed by atoms with Gasteiger partial charge in [0.25, 0.3) is 0 Å². The fraction of sp³-hybridized carbons (Fsp3) is 1.00. The summed E-state index contributed by atoms with van der Waals surface area (Å²) in [5.41, 5.74) is 0. The van der Waals surface area contributed by atoms with Gasteiger partial charge in [0.1, 0.15) is 0 Å². The van der Waals surface area contributed by atoms with Crippen molar-refractivity contribution in [2.24, 2.45) is 0 Å². The molecule has 0 aromatic carbocycles. The molecule has 0 aromatic heterocycles. The van der Waals surface area contributed by atoms with Crippen molar-refractivity contribution in [1.82, 2.24) is 5.32 Å². The lowest BCUT2D eigenvalue weighted by Gasteiger charge is -2.22. The molecule has 3 heteroatoms. The Morgan fingerprint density at radius 2 is 1.86 bits per heavy atom. The van der Waals surface area contributed by atoms with Gasteiger partial charge in [-0.3, -0.25) is 0 Å². The van der Waals surface area contributed by atoms with E-state index in [1.165, 1.54) is 0 Å². The van der Waals surface area contributed by atoms with E-state index in [0.717, 1.165) is 12.2 Å².